The number of likely N-dealkylation sites (N-methyl/N-ethyl adjacent to an activating group) is 1. The first kappa shape index (κ1) is 16.2. The molecule has 0 saturated heterocycles. The second-order valence-corrected chi connectivity index (χ2v) is 6.02. The molecule has 1 atom stereocenters. The summed E-state index contributed by atoms with van der Waals surface area (Å²) >= 11 is 0. The van der Waals surface area contributed by atoms with Crippen LogP contribution in [0.1, 0.15) is 53.3 Å². The lowest BCUT2D eigenvalue weighted by atomic mass is 9.89. The molecular weight excluding hydrogens is 236 g/mol. The van der Waals surface area contributed by atoms with Gasteiger partial charge >= 0.3 is 0 Å². The van der Waals surface area contributed by atoms with E-state index in [1.54, 1.807) is 0 Å². The van der Waals surface area contributed by atoms with Gasteiger partial charge in [-0.1, -0.05) is 13.8 Å². The minimum atomic E-state index is -0.00882. The van der Waals surface area contributed by atoms with Gasteiger partial charge in [0.2, 0.25) is 0 Å². The number of rotatable bonds is 7. The fourth-order valence-corrected chi connectivity index (χ4v) is 2.52. The van der Waals surface area contributed by atoms with Crippen LogP contribution in [0.25, 0.3) is 0 Å². The van der Waals surface area contributed by atoms with Crippen LogP contribution in [0.15, 0.2) is 12.3 Å². The molecule has 0 fully saturated rings. The van der Waals surface area contributed by atoms with Gasteiger partial charge in [-0.25, -0.2) is 0 Å². The van der Waals surface area contributed by atoms with Gasteiger partial charge < -0.3 is 5.73 Å². The Labute approximate surface area is 118 Å². The maximum absolute atomic E-state index is 6.43. The zero-order valence-corrected chi connectivity index (χ0v) is 13.3. The summed E-state index contributed by atoms with van der Waals surface area (Å²) in [7, 11) is 0. The molecule has 110 valence electrons. The number of hydrogen-bond donors (Lipinski definition) is 1. The van der Waals surface area contributed by atoms with Crippen molar-refractivity contribution in [2.24, 2.45) is 5.73 Å². The highest BCUT2D eigenvalue weighted by molar-refractivity contribution is 5.05. The molecular formula is C15H30N4. The average Bonchev–Trinajstić information content (AvgIpc) is 2.78. The second kappa shape index (κ2) is 6.53. The van der Waals surface area contributed by atoms with Crippen LogP contribution >= 0.6 is 0 Å². The molecule has 0 aromatic carbocycles. The van der Waals surface area contributed by atoms with Crippen molar-refractivity contribution in [3.8, 4) is 0 Å². The number of nitrogens with two attached hydrogens (primary N) is 1. The normalized spacial score (nSPS) is 14.4. The maximum Gasteiger partial charge on any atom is 0.0640 e. The molecule has 0 spiro atoms. The highest BCUT2D eigenvalue weighted by atomic mass is 15.3. The van der Waals surface area contributed by atoms with E-state index >= 15 is 0 Å². The smallest absolute Gasteiger partial charge is 0.0640 e. The molecule has 0 aliphatic rings. The fraction of sp³-hybridized carbons (Fsp3) is 0.800. The van der Waals surface area contributed by atoms with Crippen LogP contribution in [0.4, 0.5) is 0 Å². The molecule has 1 heterocycles. The largest absolute Gasteiger partial charge is 0.326 e. The molecule has 0 amide bonds. The van der Waals surface area contributed by atoms with E-state index in [2.05, 4.69) is 57.6 Å². The third kappa shape index (κ3) is 3.80. The minimum Gasteiger partial charge on any atom is -0.326 e. The highest BCUT2D eigenvalue weighted by Crippen LogP contribution is 2.20. The van der Waals surface area contributed by atoms with Crippen LogP contribution in [0.2, 0.25) is 0 Å². The summed E-state index contributed by atoms with van der Waals surface area (Å²) in [5, 5.41) is 4.59. The minimum absolute atomic E-state index is 0.00882. The van der Waals surface area contributed by atoms with Gasteiger partial charge in [0.25, 0.3) is 0 Å². The summed E-state index contributed by atoms with van der Waals surface area (Å²) in [6.07, 6.45) is 2.86. The van der Waals surface area contributed by atoms with E-state index in [0.29, 0.717) is 6.04 Å². The van der Waals surface area contributed by atoms with Crippen LogP contribution in [0, 0.1) is 0 Å². The molecule has 4 heteroatoms. The molecule has 0 bridgehead atoms. The van der Waals surface area contributed by atoms with Crippen molar-refractivity contribution >= 4 is 0 Å². The Hall–Kier alpha value is -0.870. The van der Waals surface area contributed by atoms with E-state index in [-0.39, 0.29) is 11.6 Å². The molecule has 1 aromatic heterocycles. The third-order valence-corrected chi connectivity index (χ3v) is 4.11. The van der Waals surface area contributed by atoms with Gasteiger partial charge in [-0.05, 0) is 46.9 Å². The predicted molar refractivity (Wildman–Crippen MR) is 81.3 cm³/mol. The van der Waals surface area contributed by atoms with E-state index in [9.17, 15) is 0 Å². The molecule has 0 saturated carbocycles. The Morgan fingerprint density at radius 2 is 1.89 bits per heavy atom. The summed E-state index contributed by atoms with van der Waals surface area (Å²) < 4.78 is 1.99. The Morgan fingerprint density at radius 3 is 2.32 bits per heavy atom. The van der Waals surface area contributed by atoms with Gasteiger partial charge in [-0.2, -0.15) is 5.10 Å². The molecule has 4 nitrogen and oxygen atoms in total. The SMILES string of the molecule is CCN(CC)C(C)(C)C(N)Cc1ccn(C(C)C)n1. The van der Waals surface area contributed by atoms with Crippen LogP contribution in [0.3, 0.4) is 0 Å². The molecule has 0 radical (unpaired) electrons. The number of nitrogens with zero attached hydrogens (tertiary/aromatic N) is 3. The molecule has 1 aromatic rings. The van der Waals surface area contributed by atoms with E-state index in [1.165, 1.54) is 0 Å². The summed E-state index contributed by atoms with van der Waals surface area (Å²) in [6.45, 7) is 15.1. The molecule has 0 aliphatic carbocycles. The zero-order chi connectivity index (χ0) is 14.6. The molecule has 19 heavy (non-hydrogen) atoms. The van der Waals surface area contributed by atoms with Gasteiger partial charge in [0, 0.05) is 30.2 Å². The van der Waals surface area contributed by atoms with E-state index in [0.717, 1.165) is 25.2 Å². The van der Waals surface area contributed by atoms with Crippen molar-refractivity contribution in [1.29, 1.82) is 0 Å². The Balaban J connectivity index is 2.74. The molecule has 0 aliphatic heterocycles. The average molecular weight is 266 g/mol. The van der Waals surface area contributed by atoms with Crippen molar-refractivity contribution in [2.75, 3.05) is 13.1 Å². The van der Waals surface area contributed by atoms with E-state index in [1.807, 2.05) is 10.9 Å². The van der Waals surface area contributed by atoms with Crippen LogP contribution in [-0.2, 0) is 6.42 Å². The quantitative estimate of drug-likeness (QED) is 0.824. The lowest BCUT2D eigenvalue weighted by Gasteiger charge is -2.41. The number of aromatic nitrogens is 2. The van der Waals surface area contributed by atoms with Gasteiger partial charge in [0.1, 0.15) is 0 Å². The first-order chi connectivity index (χ1) is 8.82. The fourth-order valence-electron chi connectivity index (χ4n) is 2.52. The molecule has 1 unspecified atom stereocenters. The highest BCUT2D eigenvalue weighted by Gasteiger charge is 2.31. The maximum atomic E-state index is 6.43. The summed E-state index contributed by atoms with van der Waals surface area (Å²) in [6, 6.07) is 2.57. The van der Waals surface area contributed by atoms with E-state index in [4.69, 9.17) is 5.73 Å². The van der Waals surface area contributed by atoms with Crippen molar-refractivity contribution in [1.82, 2.24) is 14.7 Å². The monoisotopic (exact) mass is 266 g/mol. The van der Waals surface area contributed by atoms with Crippen molar-refractivity contribution in [3.63, 3.8) is 0 Å². The lowest BCUT2D eigenvalue weighted by Crippen LogP contribution is -2.56. The Bertz CT molecular complexity index is 377. The Kier molecular flexibility index (Phi) is 5.56. The van der Waals surface area contributed by atoms with Gasteiger partial charge in [-0.3, -0.25) is 9.58 Å². The van der Waals surface area contributed by atoms with Crippen LogP contribution < -0.4 is 5.73 Å². The second-order valence-electron chi connectivity index (χ2n) is 6.02. The van der Waals surface area contributed by atoms with E-state index < -0.39 is 0 Å². The lowest BCUT2D eigenvalue weighted by molar-refractivity contribution is 0.106. The van der Waals surface area contributed by atoms with Crippen molar-refractivity contribution < 1.29 is 0 Å². The molecule has 2 N–H and O–H groups in total. The Morgan fingerprint density at radius 1 is 1.32 bits per heavy atom. The topological polar surface area (TPSA) is 47.1 Å². The van der Waals surface area contributed by atoms with Crippen molar-refractivity contribution in [3.05, 3.63) is 18.0 Å². The van der Waals surface area contributed by atoms with Gasteiger partial charge in [-0.15, -0.1) is 0 Å². The van der Waals surface area contributed by atoms with Crippen LogP contribution in [-0.4, -0.2) is 39.4 Å². The number of hydrogen-bond acceptors (Lipinski definition) is 3. The van der Waals surface area contributed by atoms with Crippen molar-refractivity contribution in [2.45, 2.75) is 65.6 Å². The summed E-state index contributed by atoms with van der Waals surface area (Å²) in [4.78, 5) is 2.41. The van der Waals surface area contributed by atoms with Gasteiger partial charge in [0.15, 0.2) is 0 Å². The third-order valence-electron chi connectivity index (χ3n) is 4.11. The van der Waals surface area contributed by atoms with Crippen LogP contribution in [0.5, 0.6) is 0 Å². The predicted octanol–water partition coefficient (Wildman–Crippen LogP) is 2.45. The summed E-state index contributed by atoms with van der Waals surface area (Å²) in [5.74, 6) is 0. The molecule has 1 rings (SSSR count). The summed E-state index contributed by atoms with van der Waals surface area (Å²) in [5.41, 5.74) is 7.51. The van der Waals surface area contributed by atoms with Gasteiger partial charge in [0.05, 0.1) is 5.69 Å². The zero-order valence-electron chi connectivity index (χ0n) is 13.3. The first-order valence-electron chi connectivity index (χ1n) is 7.37. The first-order valence-corrected chi connectivity index (χ1v) is 7.37. The standard InChI is InChI=1S/C15H30N4/c1-7-18(8-2)15(5,6)14(16)11-13-9-10-19(17-13)12(3)4/h9-10,12,14H,7-8,11,16H2,1-6H3.